The standard InChI is InChI=1S/C23H21N3O3/c1-29-21-13-10-15-4-2-3-5-19(15)20(21)14-24-26-23(28)17-8-11-18(12-9-17)25-22(27)16-6-7-16/h2-5,8-14,16H,6-7H2,1H3,(H,25,27)(H,26,28)/b24-14+. The molecule has 0 spiro atoms. The van der Waals surface area contributed by atoms with Crippen molar-refractivity contribution in [1.29, 1.82) is 0 Å². The van der Waals surface area contributed by atoms with Gasteiger partial charge in [0.25, 0.3) is 5.91 Å². The lowest BCUT2D eigenvalue weighted by Crippen LogP contribution is -2.18. The number of rotatable bonds is 6. The van der Waals surface area contributed by atoms with Gasteiger partial charge in [-0.25, -0.2) is 5.43 Å². The fourth-order valence-electron chi connectivity index (χ4n) is 3.10. The number of nitrogens with zero attached hydrogens (tertiary/aromatic N) is 1. The van der Waals surface area contributed by atoms with Crippen LogP contribution in [0.15, 0.2) is 65.8 Å². The van der Waals surface area contributed by atoms with E-state index >= 15 is 0 Å². The van der Waals surface area contributed by atoms with Crippen LogP contribution in [0.1, 0.15) is 28.8 Å². The number of hydrogen-bond donors (Lipinski definition) is 2. The van der Waals surface area contributed by atoms with Crippen molar-refractivity contribution in [3.05, 3.63) is 71.8 Å². The van der Waals surface area contributed by atoms with E-state index < -0.39 is 0 Å². The van der Waals surface area contributed by atoms with Gasteiger partial charge in [-0.05, 0) is 53.9 Å². The van der Waals surface area contributed by atoms with Crippen LogP contribution in [0.25, 0.3) is 10.8 Å². The van der Waals surface area contributed by atoms with Crippen molar-refractivity contribution < 1.29 is 14.3 Å². The summed E-state index contributed by atoms with van der Waals surface area (Å²) in [5, 5.41) is 9.00. The second-order valence-electron chi connectivity index (χ2n) is 6.94. The van der Waals surface area contributed by atoms with Gasteiger partial charge in [0.05, 0.1) is 13.3 Å². The molecule has 3 aromatic rings. The summed E-state index contributed by atoms with van der Waals surface area (Å²) in [5.74, 6) is 0.521. The minimum absolute atomic E-state index is 0.0378. The Labute approximate surface area is 168 Å². The molecule has 1 aliphatic rings. The topological polar surface area (TPSA) is 79.8 Å². The molecule has 0 bridgehead atoms. The molecule has 2 amide bonds. The first-order valence-corrected chi connectivity index (χ1v) is 9.46. The number of carbonyl (C=O) groups is 2. The highest BCUT2D eigenvalue weighted by Crippen LogP contribution is 2.30. The summed E-state index contributed by atoms with van der Waals surface area (Å²) in [5.41, 5.74) is 4.47. The Morgan fingerprint density at radius 2 is 1.79 bits per heavy atom. The van der Waals surface area contributed by atoms with Crippen molar-refractivity contribution in [3.8, 4) is 5.75 Å². The highest BCUT2D eigenvalue weighted by molar-refractivity contribution is 6.03. The van der Waals surface area contributed by atoms with E-state index in [-0.39, 0.29) is 17.7 Å². The summed E-state index contributed by atoms with van der Waals surface area (Å²) in [6.07, 6.45) is 3.49. The molecular formula is C23H21N3O3. The van der Waals surface area contributed by atoms with Crippen LogP contribution < -0.4 is 15.5 Å². The van der Waals surface area contributed by atoms with Crippen LogP contribution in [0.3, 0.4) is 0 Å². The highest BCUT2D eigenvalue weighted by Gasteiger charge is 2.29. The molecule has 1 aliphatic carbocycles. The van der Waals surface area contributed by atoms with E-state index in [0.717, 1.165) is 29.2 Å². The smallest absolute Gasteiger partial charge is 0.271 e. The van der Waals surface area contributed by atoms with E-state index in [1.807, 2.05) is 36.4 Å². The van der Waals surface area contributed by atoms with Gasteiger partial charge in [0.1, 0.15) is 5.75 Å². The zero-order chi connectivity index (χ0) is 20.2. The van der Waals surface area contributed by atoms with Crippen LogP contribution in [0.4, 0.5) is 5.69 Å². The number of anilines is 1. The van der Waals surface area contributed by atoms with E-state index in [2.05, 4.69) is 15.8 Å². The van der Waals surface area contributed by atoms with Crippen molar-refractivity contribution in [2.24, 2.45) is 11.0 Å². The largest absolute Gasteiger partial charge is 0.496 e. The Morgan fingerprint density at radius 1 is 1.03 bits per heavy atom. The quantitative estimate of drug-likeness (QED) is 0.496. The molecule has 146 valence electrons. The molecule has 4 rings (SSSR count). The molecule has 0 unspecified atom stereocenters. The van der Waals surface area contributed by atoms with E-state index in [1.165, 1.54) is 0 Å². The van der Waals surface area contributed by atoms with Crippen LogP contribution in [0, 0.1) is 5.92 Å². The molecule has 0 heterocycles. The van der Waals surface area contributed by atoms with Crippen molar-refractivity contribution >= 4 is 34.5 Å². The summed E-state index contributed by atoms with van der Waals surface area (Å²) < 4.78 is 5.42. The molecule has 1 fully saturated rings. The fraction of sp³-hybridized carbons (Fsp3) is 0.174. The molecule has 6 heteroatoms. The maximum Gasteiger partial charge on any atom is 0.271 e. The van der Waals surface area contributed by atoms with Gasteiger partial charge >= 0.3 is 0 Å². The van der Waals surface area contributed by atoms with Crippen LogP contribution in [-0.4, -0.2) is 25.1 Å². The van der Waals surface area contributed by atoms with Crippen molar-refractivity contribution in [1.82, 2.24) is 5.43 Å². The Balaban J connectivity index is 1.45. The highest BCUT2D eigenvalue weighted by atomic mass is 16.5. The van der Waals surface area contributed by atoms with Crippen molar-refractivity contribution in [2.75, 3.05) is 12.4 Å². The molecule has 3 aromatic carbocycles. The molecule has 0 atom stereocenters. The monoisotopic (exact) mass is 387 g/mol. The van der Waals surface area contributed by atoms with Gasteiger partial charge in [0.2, 0.25) is 5.91 Å². The summed E-state index contributed by atoms with van der Waals surface area (Å²) >= 11 is 0. The van der Waals surface area contributed by atoms with E-state index in [0.29, 0.717) is 17.0 Å². The lowest BCUT2D eigenvalue weighted by Gasteiger charge is -2.08. The number of hydrogen-bond acceptors (Lipinski definition) is 4. The number of benzene rings is 3. The number of fused-ring (bicyclic) bond motifs is 1. The number of nitrogens with one attached hydrogen (secondary N) is 2. The molecule has 0 saturated heterocycles. The zero-order valence-electron chi connectivity index (χ0n) is 16.0. The third kappa shape index (κ3) is 4.27. The van der Waals surface area contributed by atoms with Gasteiger partial charge in [-0.2, -0.15) is 5.10 Å². The second kappa shape index (κ2) is 8.14. The fourth-order valence-corrected chi connectivity index (χ4v) is 3.10. The Hall–Kier alpha value is -3.67. The lowest BCUT2D eigenvalue weighted by atomic mass is 10.0. The first-order valence-electron chi connectivity index (χ1n) is 9.46. The lowest BCUT2D eigenvalue weighted by molar-refractivity contribution is -0.117. The van der Waals surface area contributed by atoms with Crippen molar-refractivity contribution in [2.45, 2.75) is 12.8 Å². The molecule has 0 aromatic heterocycles. The minimum Gasteiger partial charge on any atom is -0.496 e. The van der Waals surface area contributed by atoms with Gasteiger partial charge < -0.3 is 10.1 Å². The van der Waals surface area contributed by atoms with E-state index in [4.69, 9.17) is 4.74 Å². The maximum absolute atomic E-state index is 12.4. The molecule has 6 nitrogen and oxygen atoms in total. The van der Waals surface area contributed by atoms with Crippen LogP contribution in [0.5, 0.6) is 5.75 Å². The summed E-state index contributed by atoms with van der Waals surface area (Å²) in [7, 11) is 1.60. The van der Waals surface area contributed by atoms with E-state index in [1.54, 1.807) is 37.6 Å². The second-order valence-corrected chi connectivity index (χ2v) is 6.94. The third-order valence-electron chi connectivity index (χ3n) is 4.87. The Kier molecular flexibility index (Phi) is 5.24. The number of hydrazone groups is 1. The molecule has 0 radical (unpaired) electrons. The summed E-state index contributed by atoms with van der Waals surface area (Å²) in [6, 6.07) is 18.5. The van der Waals surface area contributed by atoms with Crippen LogP contribution in [-0.2, 0) is 4.79 Å². The average Bonchev–Trinajstić information content (AvgIpc) is 3.60. The van der Waals surface area contributed by atoms with Gasteiger partial charge in [-0.15, -0.1) is 0 Å². The minimum atomic E-state index is -0.333. The first kappa shape index (κ1) is 18.7. The number of amides is 2. The predicted octanol–water partition coefficient (Wildman–Crippen LogP) is 3.96. The molecule has 2 N–H and O–H groups in total. The van der Waals surface area contributed by atoms with E-state index in [9.17, 15) is 9.59 Å². The summed E-state index contributed by atoms with van der Waals surface area (Å²) in [4.78, 5) is 24.2. The third-order valence-corrected chi connectivity index (χ3v) is 4.87. The number of methoxy groups -OCH3 is 1. The molecular weight excluding hydrogens is 366 g/mol. The van der Waals surface area contributed by atoms with Gasteiger partial charge in [-0.1, -0.05) is 30.3 Å². The normalized spacial score (nSPS) is 13.4. The van der Waals surface area contributed by atoms with Crippen molar-refractivity contribution in [3.63, 3.8) is 0 Å². The molecule has 29 heavy (non-hydrogen) atoms. The van der Waals surface area contributed by atoms with Gasteiger partial charge in [0.15, 0.2) is 0 Å². The maximum atomic E-state index is 12.4. The zero-order valence-corrected chi connectivity index (χ0v) is 16.0. The Bertz CT molecular complexity index is 1090. The molecule has 1 saturated carbocycles. The van der Waals surface area contributed by atoms with Gasteiger partial charge in [0, 0.05) is 22.7 Å². The van der Waals surface area contributed by atoms with Gasteiger partial charge in [-0.3, -0.25) is 9.59 Å². The molecule has 0 aliphatic heterocycles. The number of ether oxygens (including phenoxy) is 1. The first-order chi connectivity index (χ1) is 14.2. The SMILES string of the molecule is COc1ccc2ccccc2c1/C=N/NC(=O)c1ccc(NC(=O)C2CC2)cc1. The summed E-state index contributed by atoms with van der Waals surface area (Å²) in [6.45, 7) is 0. The predicted molar refractivity (Wildman–Crippen MR) is 113 cm³/mol. The Morgan fingerprint density at radius 3 is 2.52 bits per heavy atom. The average molecular weight is 387 g/mol. The van der Waals surface area contributed by atoms with Crippen LogP contribution >= 0.6 is 0 Å². The van der Waals surface area contributed by atoms with Crippen LogP contribution in [0.2, 0.25) is 0 Å². The number of carbonyl (C=O) groups excluding carboxylic acids is 2.